The number of hydrogen-bond acceptors (Lipinski definition) is 5. The van der Waals surface area contributed by atoms with Crippen LogP contribution in [0.15, 0.2) is 6.07 Å². The van der Waals surface area contributed by atoms with Crippen molar-refractivity contribution in [1.82, 2.24) is 15.3 Å². The van der Waals surface area contributed by atoms with Gasteiger partial charge in [0.15, 0.2) is 5.11 Å². The number of anilines is 3. The Morgan fingerprint density at radius 1 is 1.00 bits per heavy atom. The number of nitrogens with zero attached hydrogens (tertiary/aromatic N) is 4. The molecule has 0 bridgehead atoms. The van der Waals surface area contributed by atoms with Gasteiger partial charge < -0.3 is 20.4 Å². The molecule has 1 aromatic heterocycles. The summed E-state index contributed by atoms with van der Waals surface area (Å²) in [5.41, 5.74) is 0. The Bertz CT molecular complexity index is 604. The molecule has 2 atom stereocenters. The van der Waals surface area contributed by atoms with Crippen LogP contribution >= 0.6 is 12.2 Å². The molecule has 2 aliphatic heterocycles. The molecule has 3 rings (SSSR count). The maximum atomic E-state index is 5.27. The van der Waals surface area contributed by atoms with E-state index in [0.29, 0.717) is 22.9 Å². The number of aromatic nitrogens is 2. The molecule has 7 heteroatoms. The van der Waals surface area contributed by atoms with Gasteiger partial charge in [-0.15, -0.1) is 0 Å². The number of piperidine rings is 1. The molecule has 0 radical (unpaired) electrons. The normalized spacial score (nSPS) is 24.1. The van der Waals surface area contributed by atoms with E-state index in [0.717, 1.165) is 37.8 Å². The van der Waals surface area contributed by atoms with Gasteiger partial charge in [-0.2, -0.15) is 9.97 Å². The van der Waals surface area contributed by atoms with E-state index < -0.39 is 0 Å². The number of rotatable bonds is 3. The van der Waals surface area contributed by atoms with E-state index in [-0.39, 0.29) is 0 Å². The SMILES string of the molecule is CNC(=S)Nc1nc(N2CCCCCC2)cc(N2C[C@H](C)C[C@H](C)C2)n1. The van der Waals surface area contributed by atoms with E-state index in [9.17, 15) is 0 Å². The van der Waals surface area contributed by atoms with Crippen molar-refractivity contribution in [2.75, 3.05) is 48.3 Å². The summed E-state index contributed by atoms with van der Waals surface area (Å²) in [6.45, 7) is 8.90. The van der Waals surface area contributed by atoms with Crippen molar-refractivity contribution in [2.45, 2.75) is 46.0 Å². The quantitative estimate of drug-likeness (QED) is 0.785. The lowest BCUT2D eigenvalue weighted by Gasteiger charge is -2.36. The molecule has 0 spiro atoms. The third-order valence-corrected chi connectivity index (χ3v) is 5.58. The zero-order chi connectivity index (χ0) is 18.5. The predicted molar refractivity (Wildman–Crippen MR) is 113 cm³/mol. The first kappa shape index (κ1) is 19.1. The van der Waals surface area contributed by atoms with Crippen LogP contribution in [0.5, 0.6) is 0 Å². The van der Waals surface area contributed by atoms with Crippen molar-refractivity contribution in [1.29, 1.82) is 0 Å². The second-order valence-electron chi connectivity index (χ2n) is 7.86. The molecule has 0 aliphatic carbocycles. The molecule has 0 unspecified atom stereocenters. The molecule has 0 aromatic carbocycles. The minimum Gasteiger partial charge on any atom is -0.365 e. The van der Waals surface area contributed by atoms with Crippen LogP contribution in [0.4, 0.5) is 17.6 Å². The highest BCUT2D eigenvalue weighted by molar-refractivity contribution is 7.80. The molecule has 1 aromatic rings. The summed E-state index contributed by atoms with van der Waals surface area (Å²) in [6, 6.07) is 2.17. The van der Waals surface area contributed by atoms with Gasteiger partial charge in [-0.05, 0) is 43.3 Å². The highest BCUT2D eigenvalue weighted by Crippen LogP contribution is 2.29. The molecule has 3 heterocycles. The van der Waals surface area contributed by atoms with Crippen molar-refractivity contribution in [3.05, 3.63) is 6.07 Å². The number of thiocarbonyl (C=S) groups is 1. The van der Waals surface area contributed by atoms with Crippen molar-refractivity contribution in [2.24, 2.45) is 11.8 Å². The zero-order valence-electron chi connectivity index (χ0n) is 16.3. The molecule has 2 saturated heterocycles. The van der Waals surface area contributed by atoms with E-state index in [1.54, 1.807) is 0 Å². The molecule has 2 aliphatic rings. The van der Waals surface area contributed by atoms with Gasteiger partial charge in [-0.25, -0.2) is 0 Å². The first-order chi connectivity index (χ1) is 12.5. The fourth-order valence-electron chi connectivity index (χ4n) is 4.12. The fourth-order valence-corrected chi connectivity index (χ4v) is 4.21. The molecule has 144 valence electrons. The molecule has 0 amide bonds. The van der Waals surface area contributed by atoms with Gasteiger partial charge >= 0.3 is 0 Å². The number of nitrogens with one attached hydrogen (secondary N) is 2. The first-order valence-corrected chi connectivity index (χ1v) is 10.3. The third-order valence-electron chi connectivity index (χ3n) is 5.27. The standard InChI is InChI=1S/C19H32N6S/c1-14-10-15(2)13-25(12-14)17-11-16(24-8-6-4-5-7-9-24)21-18(22-17)23-19(26)20-3/h11,14-15H,4-10,12-13H2,1-3H3,(H2,20,21,22,23,26)/t14-,15+. The lowest BCUT2D eigenvalue weighted by molar-refractivity contribution is 0.355. The monoisotopic (exact) mass is 376 g/mol. The smallest absolute Gasteiger partial charge is 0.232 e. The van der Waals surface area contributed by atoms with Crippen LogP contribution in [0.25, 0.3) is 0 Å². The van der Waals surface area contributed by atoms with Gasteiger partial charge in [0.2, 0.25) is 5.95 Å². The Balaban J connectivity index is 1.90. The minimum atomic E-state index is 0.546. The molecule has 2 N–H and O–H groups in total. The van der Waals surface area contributed by atoms with Crippen LogP contribution in [0.1, 0.15) is 46.0 Å². The van der Waals surface area contributed by atoms with Crippen LogP contribution < -0.4 is 20.4 Å². The predicted octanol–water partition coefficient (Wildman–Crippen LogP) is 3.26. The van der Waals surface area contributed by atoms with Crippen LogP contribution in [0, 0.1) is 11.8 Å². The van der Waals surface area contributed by atoms with Crippen LogP contribution in [-0.4, -0.2) is 48.3 Å². The molecule has 26 heavy (non-hydrogen) atoms. The average molecular weight is 377 g/mol. The van der Waals surface area contributed by atoms with Crippen molar-refractivity contribution >= 4 is 34.9 Å². The van der Waals surface area contributed by atoms with Crippen LogP contribution in [0.3, 0.4) is 0 Å². The van der Waals surface area contributed by atoms with Gasteiger partial charge in [0.1, 0.15) is 11.6 Å². The zero-order valence-corrected chi connectivity index (χ0v) is 17.1. The minimum absolute atomic E-state index is 0.546. The van der Waals surface area contributed by atoms with Gasteiger partial charge in [-0.3, -0.25) is 0 Å². The van der Waals surface area contributed by atoms with Crippen molar-refractivity contribution in [3.63, 3.8) is 0 Å². The largest absolute Gasteiger partial charge is 0.365 e. The van der Waals surface area contributed by atoms with Gasteiger partial charge in [0.05, 0.1) is 0 Å². The second kappa shape index (κ2) is 8.84. The average Bonchev–Trinajstić information content (AvgIpc) is 2.90. The van der Waals surface area contributed by atoms with Crippen molar-refractivity contribution < 1.29 is 0 Å². The first-order valence-electron chi connectivity index (χ1n) is 9.93. The lowest BCUT2D eigenvalue weighted by atomic mass is 9.92. The third kappa shape index (κ3) is 4.96. The Hall–Kier alpha value is -1.63. The molecular weight excluding hydrogens is 344 g/mol. The highest BCUT2D eigenvalue weighted by Gasteiger charge is 2.24. The number of hydrogen-bond donors (Lipinski definition) is 2. The topological polar surface area (TPSA) is 56.3 Å². The van der Waals surface area contributed by atoms with E-state index in [4.69, 9.17) is 22.2 Å². The second-order valence-corrected chi connectivity index (χ2v) is 8.27. The summed E-state index contributed by atoms with van der Waals surface area (Å²) in [4.78, 5) is 14.4. The Labute approximate surface area is 162 Å². The summed E-state index contributed by atoms with van der Waals surface area (Å²) in [5.74, 6) is 3.99. The summed E-state index contributed by atoms with van der Waals surface area (Å²) in [7, 11) is 1.81. The Morgan fingerprint density at radius 3 is 2.15 bits per heavy atom. The summed E-state index contributed by atoms with van der Waals surface area (Å²) in [5, 5.41) is 6.63. The van der Waals surface area contributed by atoms with Gasteiger partial charge in [0, 0.05) is 39.3 Å². The molecule has 6 nitrogen and oxygen atoms in total. The van der Waals surface area contributed by atoms with Gasteiger partial charge in [-0.1, -0.05) is 26.7 Å². The van der Waals surface area contributed by atoms with E-state index in [1.807, 2.05) is 7.05 Å². The molecular formula is C19H32N6S. The Morgan fingerprint density at radius 2 is 1.58 bits per heavy atom. The van der Waals surface area contributed by atoms with E-state index >= 15 is 0 Å². The van der Waals surface area contributed by atoms with E-state index in [1.165, 1.54) is 32.1 Å². The molecule has 0 saturated carbocycles. The van der Waals surface area contributed by atoms with Crippen LogP contribution in [0.2, 0.25) is 0 Å². The summed E-state index contributed by atoms with van der Waals surface area (Å²) in [6.07, 6.45) is 6.37. The van der Waals surface area contributed by atoms with Crippen LogP contribution in [-0.2, 0) is 0 Å². The Kier molecular flexibility index (Phi) is 6.51. The van der Waals surface area contributed by atoms with Crippen molar-refractivity contribution in [3.8, 4) is 0 Å². The maximum Gasteiger partial charge on any atom is 0.232 e. The fraction of sp³-hybridized carbons (Fsp3) is 0.737. The summed E-state index contributed by atoms with van der Waals surface area (Å²) < 4.78 is 0. The van der Waals surface area contributed by atoms with Gasteiger partial charge in [0.25, 0.3) is 0 Å². The lowest BCUT2D eigenvalue weighted by Crippen LogP contribution is -2.39. The summed E-state index contributed by atoms with van der Waals surface area (Å²) >= 11 is 5.27. The molecule has 2 fully saturated rings. The highest BCUT2D eigenvalue weighted by atomic mass is 32.1. The maximum absolute atomic E-state index is 5.27. The van der Waals surface area contributed by atoms with E-state index in [2.05, 4.69) is 40.3 Å².